The van der Waals surface area contributed by atoms with Crippen molar-refractivity contribution in [3.05, 3.63) is 34.9 Å². The molecule has 0 aromatic heterocycles. The van der Waals surface area contributed by atoms with Crippen molar-refractivity contribution in [3.8, 4) is 0 Å². The first kappa shape index (κ1) is 11.5. The number of rotatable bonds is 2. The van der Waals surface area contributed by atoms with Gasteiger partial charge in [-0.25, -0.2) is 17.6 Å². The summed E-state index contributed by atoms with van der Waals surface area (Å²) in [5, 5.41) is 0.226. The summed E-state index contributed by atoms with van der Waals surface area (Å²) < 4.78 is 51.6. The molecule has 1 rings (SSSR count). The van der Waals surface area contributed by atoms with E-state index in [4.69, 9.17) is 0 Å². The second kappa shape index (κ2) is 4.29. The summed E-state index contributed by atoms with van der Waals surface area (Å²) in [4.78, 5) is 0. The molecule has 14 heavy (non-hydrogen) atoms. The molecule has 0 aliphatic carbocycles. The Balaban J connectivity index is 3.39. The van der Waals surface area contributed by atoms with Crippen LogP contribution in [0.25, 0.3) is 0 Å². The Morgan fingerprint density at radius 3 is 1.93 bits per heavy atom. The van der Waals surface area contributed by atoms with E-state index in [0.29, 0.717) is 0 Å². The predicted molar refractivity (Wildman–Crippen MR) is 48.5 cm³/mol. The van der Waals surface area contributed by atoms with Crippen LogP contribution < -0.4 is 0 Å². The minimum absolute atomic E-state index is 0.203. The minimum atomic E-state index is -1.37. The van der Waals surface area contributed by atoms with Crippen LogP contribution in [-0.4, -0.2) is 5.33 Å². The number of alkyl halides is 1. The Kier molecular flexibility index (Phi) is 3.53. The van der Waals surface area contributed by atoms with Gasteiger partial charge in [0.05, 0.1) is 0 Å². The van der Waals surface area contributed by atoms with E-state index in [-0.39, 0.29) is 11.4 Å². The van der Waals surface area contributed by atoms with Gasteiger partial charge >= 0.3 is 0 Å². The molecule has 78 valence electrons. The van der Waals surface area contributed by atoms with Gasteiger partial charge in [0.15, 0.2) is 23.3 Å². The lowest BCUT2D eigenvalue weighted by atomic mass is 10.0. The van der Waals surface area contributed by atoms with Crippen molar-refractivity contribution in [2.75, 3.05) is 5.33 Å². The molecule has 0 aliphatic rings. The maximum Gasteiger partial charge on any atom is 0.165 e. The quantitative estimate of drug-likeness (QED) is 0.436. The number of benzene rings is 1. The lowest BCUT2D eigenvalue weighted by molar-refractivity contribution is 0.433. The highest BCUT2D eigenvalue weighted by molar-refractivity contribution is 9.09. The molecule has 0 saturated carbocycles. The zero-order valence-electron chi connectivity index (χ0n) is 7.25. The molecular formula is C9H7BrF4. The molecular weight excluding hydrogens is 264 g/mol. The van der Waals surface area contributed by atoms with E-state index in [1.54, 1.807) is 0 Å². The Labute approximate surface area is 87.1 Å². The first-order valence-corrected chi connectivity index (χ1v) is 5.00. The van der Waals surface area contributed by atoms with Crippen LogP contribution in [0, 0.1) is 23.3 Å². The minimum Gasteiger partial charge on any atom is -0.204 e. The predicted octanol–water partition coefficient (Wildman–Crippen LogP) is 3.74. The number of hydrogen-bond donors (Lipinski definition) is 0. The molecule has 0 amide bonds. The van der Waals surface area contributed by atoms with Crippen molar-refractivity contribution >= 4 is 15.9 Å². The largest absolute Gasteiger partial charge is 0.204 e. The molecule has 1 aromatic rings. The van der Waals surface area contributed by atoms with Crippen LogP contribution in [0.4, 0.5) is 17.6 Å². The molecule has 5 heteroatoms. The fourth-order valence-corrected chi connectivity index (χ4v) is 1.43. The fourth-order valence-electron chi connectivity index (χ4n) is 1.10. The topological polar surface area (TPSA) is 0 Å². The zero-order chi connectivity index (χ0) is 10.9. The van der Waals surface area contributed by atoms with Crippen molar-refractivity contribution in [1.82, 2.24) is 0 Å². The van der Waals surface area contributed by atoms with Crippen LogP contribution in [0.5, 0.6) is 0 Å². The molecule has 0 saturated heterocycles. The summed E-state index contributed by atoms with van der Waals surface area (Å²) in [6.45, 7) is 1.47. The van der Waals surface area contributed by atoms with Crippen LogP contribution in [0.2, 0.25) is 0 Å². The molecule has 1 atom stereocenters. The Bertz CT molecular complexity index is 325. The molecule has 0 spiro atoms. The molecule has 0 N–H and O–H groups in total. The normalized spacial score (nSPS) is 13.0. The summed E-state index contributed by atoms with van der Waals surface area (Å²) in [5.74, 6) is -6.01. The van der Waals surface area contributed by atoms with Gasteiger partial charge in [0.25, 0.3) is 0 Å². The molecule has 0 bridgehead atoms. The molecule has 0 radical (unpaired) electrons. The summed E-state index contributed by atoms with van der Waals surface area (Å²) in [5.41, 5.74) is -0.556. The highest BCUT2D eigenvalue weighted by Crippen LogP contribution is 2.27. The standard InChI is InChI=1S/C9H7BrF4/c1-4(3-10)7-8(13)5(11)2-6(12)9(7)14/h2,4H,3H2,1H3. The fraction of sp³-hybridized carbons (Fsp3) is 0.333. The molecule has 0 nitrogen and oxygen atoms in total. The van der Waals surface area contributed by atoms with Crippen LogP contribution in [0.15, 0.2) is 6.07 Å². The van der Waals surface area contributed by atoms with Gasteiger partial charge in [-0.2, -0.15) is 0 Å². The van der Waals surface area contributed by atoms with Gasteiger partial charge in [-0.3, -0.25) is 0 Å². The van der Waals surface area contributed by atoms with Gasteiger partial charge in [-0.05, 0) is 5.92 Å². The van der Waals surface area contributed by atoms with Crippen molar-refractivity contribution in [2.24, 2.45) is 0 Å². The summed E-state index contributed by atoms with van der Waals surface area (Å²) in [6, 6.07) is 0.203. The maximum atomic E-state index is 13.1. The van der Waals surface area contributed by atoms with Crippen LogP contribution in [0.1, 0.15) is 18.4 Å². The maximum absolute atomic E-state index is 13.1. The third-order valence-corrected chi connectivity index (χ3v) is 2.84. The SMILES string of the molecule is CC(CBr)c1c(F)c(F)cc(F)c1F. The molecule has 1 unspecified atom stereocenters. The first-order valence-electron chi connectivity index (χ1n) is 3.87. The Morgan fingerprint density at radius 1 is 1.14 bits per heavy atom. The second-order valence-electron chi connectivity index (χ2n) is 2.94. The summed E-state index contributed by atoms with van der Waals surface area (Å²) in [7, 11) is 0. The first-order chi connectivity index (χ1) is 6.49. The van der Waals surface area contributed by atoms with Crippen molar-refractivity contribution in [1.29, 1.82) is 0 Å². The van der Waals surface area contributed by atoms with E-state index >= 15 is 0 Å². The summed E-state index contributed by atoms with van der Waals surface area (Å²) >= 11 is 2.99. The van der Waals surface area contributed by atoms with Crippen LogP contribution >= 0.6 is 15.9 Å². The average Bonchev–Trinajstić information content (AvgIpc) is 2.15. The van der Waals surface area contributed by atoms with Crippen molar-refractivity contribution in [3.63, 3.8) is 0 Å². The molecule has 0 heterocycles. The highest BCUT2D eigenvalue weighted by atomic mass is 79.9. The van der Waals surface area contributed by atoms with Crippen molar-refractivity contribution in [2.45, 2.75) is 12.8 Å². The molecule has 0 aliphatic heterocycles. The van der Waals surface area contributed by atoms with Gasteiger partial charge in [0.2, 0.25) is 0 Å². The van der Waals surface area contributed by atoms with Crippen LogP contribution in [0.3, 0.4) is 0 Å². The lowest BCUT2D eigenvalue weighted by Crippen LogP contribution is -2.07. The molecule has 0 fully saturated rings. The van der Waals surface area contributed by atoms with Gasteiger partial charge < -0.3 is 0 Å². The summed E-state index contributed by atoms with van der Waals surface area (Å²) in [6.07, 6.45) is 0. The highest BCUT2D eigenvalue weighted by Gasteiger charge is 2.22. The Morgan fingerprint density at radius 2 is 1.57 bits per heavy atom. The van der Waals surface area contributed by atoms with Gasteiger partial charge in [-0.15, -0.1) is 0 Å². The smallest absolute Gasteiger partial charge is 0.165 e. The van der Waals surface area contributed by atoms with E-state index in [0.717, 1.165) is 0 Å². The van der Waals surface area contributed by atoms with E-state index in [1.807, 2.05) is 0 Å². The van der Waals surface area contributed by atoms with E-state index in [9.17, 15) is 17.6 Å². The van der Waals surface area contributed by atoms with E-state index in [1.165, 1.54) is 6.92 Å². The van der Waals surface area contributed by atoms with Gasteiger partial charge in [-0.1, -0.05) is 22.9 Å². The average molecular weight is 271 g/mol. The monoisotopic (exact) mass is 270 g/mol. The van der Waals surface area contributed by atoms with Crippen molar-refractivity contribution < 1.29 is 17.6 Å². The van der Waals surface area contributed by atoms with E-state index in [2.05, 4.69) is 15.9 Å². The van der Waals surface area contributed by atoms with Gasteiger partial charge in [0.1, 0.15) is 0 Å². The number of hydrogen-bond acceptors (Lipinski definition) is 0. The number of halogens is 5. The van der Waals surface area contributed by atoms with Crippen LogP contribution in [-0.2, 0) is 0 Å². The second-order valence-corrected chi connectivity index (χ2v) is 3.58. The third-order valence-electron chi connectivity index (χ3n) is 1.87. The zero-order valence-corrected chi connectivity index (χ0v) is 8.84. The van der Waals surface area contributed by atoms with Gasteiger partial charge in [0, 0.05) is 17.0 Å². The third kappa shape index (κ3) is 1.92. The lowest BCUT2D eigenvalue weighted by Gasteiger charge is -2.11. The van der Waals surface area contributed by atoms with E-state index < -0.39 is 34.8 Å². The molecule has 1 aromatic carbocycles. The Hall–Kier alpha value is -0.580.